The Morgan fingerprint density at radius 2 is 1.76 bits per heavy atom. The van der Waals surface area contributed by atoms with E-state index in [9.17, 15) is 10.1 Å². The van der Waals surface area contributed by atoms with Crippen molar-refractivity contribution in [3.63, 3.8) is 0 Å². The van der Waals surface area contributed by atoms with Crippen LogP contribution in [0.3, 0.4) is 0 Å². The Labute approximate surface area is 226 Å². The summed E-state index contributed by atoms with van der Waals surface area (Å²) in [6.45, 7) is 12.2. The Kier molecular flexibility index (Phi) is 16.5. The molecule has 0 aliphatic heterocycles. The molecule has 0 aromatic heterocycles. The molecule has 0 radical (unpaired) electrons. The average Bonchev–Trinajstić information content (AvgIpc) is 2.77. The first-order chi connectivity index (χ1) is 15.3. The van der Waals surface area contributed by atoms with Gasteiger partial charge in [0.25, 0.3) is 5.69 Å². The first kappa shape index (κ1) is 31.7. The maximum absolute atomic E-state index is 10.9. The SMILES string of the molecule is CC.CCCCCCN(CCC(C)N)c1ccc([N-]c2ccc([N+](=O)[O-])cc2Cl)c(C)c1.[Na+]. The van der Waals surface area contributed by atoms with E-state index in [1.165, 1.54) is 37.1 Å². The van der Waals surface area contributed by atoms with Crippen LogP contribution in [-0.2, 0) is 0 Å². The number of hydrogen-bond donors (Lipinski definition) is 1. The van der Waals surface area contributed by atoms with Gasteiger partial charge in [0.15, 0.2) is 0 Å². The molecule has 2 aromatic carbocycles. The van der Waals surface area contributed by atoms with Gasteiger partial charge < -0.3 is 16.0 Å². The first-order valence-electron chi connectivity index (χ1n) is 11.6. The molecule has 0 bridgehead atoms. The molecule has 33 heavy (non-hydrogen) atoms. The normalized spacial score (nSPS) is 11.0. The molecule has 0 aliphatic rings. The van der Waals surface area contributed by atoms with E-state index in [1.807, 2.05) is 33.8 Å². The van der Waals surface area contributed by atoms with E-state index >= 15 is 0 Å². The number of non-ortho nitro benzene ring substituents is 1. The molecule has 0 fully saturated rings. The van der Waals surface area contributed by atoms with Crippen LogP contribution in [0.15, 0.2) is 36.4 Å². The summed E-state index contributed by atoms with van der Waals surface area (Å²) < 4.78 is 0. The molecular weight excluding hydrogens is 447 g/mol. The summed E-state index contributed by atoms with van der Waals surface area (Å²) in [6.07, 6.45) is 5.82. The van der Waals surface area contributed by atoms with Crippen molar-refractivity contribution in [3.8, 4) is 0 Å². The largest absolute Gasteiger partial charge is 1.00 e. The Hall–Kier alpha value is -1.31. The van der Waals surface area contributed by atoms with Gasteiger partial charge >= 0.3 is 29.6 Å². The summed E-state index contributed by atoms with van der Waals surface area (Å²) in [6, 6.07) is 10.7. The average molecular weight is 485 g/mol. The van der Waals surface area contributed by atoms with Crippen LogP contribution in [-0.4, -0.2) is 24.1 Å². The minimum absolute atomic E-state index is 0. The molecule has 6 nitrogen and oxygen atoms in total. The van der Waals surface area contributed by atoms with Crippen molar-refractivity contribution in [1.29, 1.82) is 0 Å². The van der Waals surface area contributed by atoms with Crippen molar-refractivity contribution in [1.82, 2.24) is 0 Å². The molecule has 0 aliphatic carbocycles. The number of nitrogens with zero attached hydrogens (tertiary/aromatic N) is 3. The summed E-state index contributed by atoms with van der Waals surface area (Å²) in [5, 5.41) is 15.8. The van der Waals surface area contributed by atoms with Crippen molar-refractivity contribution < 1.29 is 34.5 Å². The second kappa shape index (κ2) is 17.2. The molecule has 1 unspecified atom stereocenters. The van der Waals surface area contributed by atoms with E-state index in [2.05, 4.69) is 29.3 Å². The summed E-state index contributed by atoms with van der Waals surface area (Å²) in [4.78, 5) is 12.8. The standard InChI is InChI=1S/C23H32ClN4O2.C2H6.Na/c1-4-5-6-7-13-27(14-12-18(3)25)19-8-10-22(17(2)15-19)26-23-11-9-20(28(29)30)16-21(23)24;1-2;/h8-11,15-16,18H,4-7,12-14,25H2,1-3H3;1-2H3;/q-1;;+1. The van der Waals surface area contributed by atoms with Crippen LogP contribution in [0.4, 0.5) is 22.7 Å². The Bertz CT molecular complexity index is 849. The summed E-state index contributed by atoms with van der Waals surface area (Å²) in [5.41, 5.74) is 9.45. The van der Waals surface area contributed by atoms with Crippen LogP contribution in [0.1, 0.15) is 65.4 Å². The second-order valence-corrected chi connectivity index (χ2v) is 8.20. The summed E-state index contributed by atoms with van der Waals surface area (Å²) >= 11 is 6.19. The van der Waals surface area contributed by atoms with E-state index in [0.717, 1.165) is 37.2 Å². The van der Waals surface area contributed by atoms with E-state index in [-0.39, 0.29) is 46.3 Å². The van der Waals surface area contributed by atoms with Gasteiger partial charge in [0.1, 0.15) is 0 Å². The molecule has 0 heterocycles. The van der Waals surface area contributed by atoms with Gasteiger partial charge in [0.05, 0.1) is 4.92 Å². The molecule has 0 saturated heterocycles. The number of hydrogen-bond acceptors (Lipinski definition) is 4. The Balaban J connectivity index is 0.00000332. The summed E-state index contributed by atoms with van der Waals surface area (Å²) in [5.74, 6) is 0. The van der Waals surface area contributed by atoms with Gasteiger partial charge in [-0.2, -0.15) is 0 Å². The van der Waals surface area contributed by atoms with Crippen LogP contribution in [0, 0.1) is 17.0 Å². The number of nitrogens with two attached hydrogens (primary N) is 1. The van der Waals surface area contributed by atoms with Crippen LogP contribution in [0.2, 0.25) is 5.02 Å². The minimum Gasteiger partial charge on any atom is -0.656 e. The van der Waals surface area contributed by atoms with Crippen LogP contribution in [0.25, 0.3) is 5.32 Å². The molecule has 1 atom stereocenters. The third-order valence-corrected chi connectivity index (χ3v) is 5.37. The maximum atomic E-state index is 10.9. The van der Waals surface area contributed by atoms with Gasteiger partial charge in [-0.1, -0.05) is 69.3 Å². The van der Waals surface area contributed by atoms with E-state index in [4.69, 9.17) is 17.3 Å². The molecule has 2 aromatic rings. The van der Waals surface area contributed by atoms with Crippen molar-refractivity contribution in [2.24, 2.45) is 5.73 Å². The Morgan fingerprint density at radius 1 is 1.09 bits per heavy atom. The number of nitro groups is 1. The molecule has 8 heteroatoms. The number of aryl methyl sites for hydroxylation is 1. The fraction of sp³-hybridized carbons (Fsp3) is 0.520. The first-order valence-corrected chi connectivity index (χ1v) is 12.0. The van der Waals surface area contributed by atoms with E-state index in [0.29, 0.717) is 5.69 Å². The summed E-state index contributed by atoms with van der Waals surface area (Å²) in [7, 11) is 0. The fourth-order valence-corrected chi connectivity index (χ4v) is 3.47. The van der Waals surface area contributed by atoms with Crippen LogP contribution < -0.4 is 40.2 Å². The zero-order chi connectivity index (χ0) is 24.1. The number of halogens is 1. The quantitative estimate of drug-likeness (QED) is 0.198. The molecule has 0 saturated carbocycles. The second-order valence-electron chi connectivity index (χ2n) is 7.79. The van der Waals surface area contributed by atoms with Crippen molar-refractivity contribution in [3.05, 3.63) is 62.4 Å². The van der Waals surface area contributed by atoms with Crippen molar-refractivity contribution >= 4 is 34.4 Å². The predicted molar refractivity (Wildman–Crippen MR) is 138 cm³/mol. The molecule has 178 valence electrons. The smallest absolute Gasteiger partial charge is 0.656 e. The van der Waals surface area contributed by atoms with Crippen LogP contribution >= 0.6 is 11.6 Å². The number of benzene rings is 2. The van der Waals surface area contributed by atoms with E-state index in [1.54, 1.807) is 6.07 Å². The van der Waals surface area contributed by atoms with Gasteiger partial charge in [-0.15, -0.1) is 11.4 Å². The monoisotopic (exact) mass is 484 g/mol. The molecule has 2 N–H and O–H groups in total. The number of nitro benzene ring substituents is 1. The minimum atomic E-state index is -0.465. The zero-order valence-electron chi connectivity index (χ0n) is 21.1. The van der Waals surface area contributed by atoms with E-state index < -0.39 is 4.92 Å². The predicted octanol–water partition coefficient (Wildman–Crippen LogP) is 5.05. The topological polar surface area (TPSA) is 86.5 Å². The Morgan fingerprint density at radius 3 is 2.30 bits per heavy atom. The number of anilines is 1. The molecule has 2 rings (SSSR count). The van der Waals surface area contributed by atoms with Crippen LogP contribution in [0.5, 0.6) is 0 Å². The number of unbranched alkanes of at least 4 members (excludes halogenated alkanes) is 3. The molecular formula is C25H38ClN4NaO2. The maximum Gasteiger partial charge on any atom is 1.00 e. The third kappa shape index (κ3) is 11.1. The third-order valence-electron chi connectivity index (χ3n) is 5.06. The fourth-order valence-electron chi connectivity index (χ4n) is 3.25. The van der Waals surface area contributed by atoms with Crippen molar-refractivity contribution in [2.45, 2.75) is 72.8 Å². The van der Waals surface area contributed by atoms with Gasteiger partial charge in [-0.3, -0.25) is 10.1 Å². The van der Waals surface area contributed by atoms with Gasteiger partial charge in [0, 0.05) is 42.0 Å². The number of rotatable bonds is 12. The molecule has 0 amide bonds. The molecule has 0 spiro atoms. The van der Waals surface area contributed by atoms with Gasteiger partial charge in [-0.25, -0.2) is 0 Å². The van der Waals surface area contributed by atoms with Crippen molar-refractivity contribution in [2.75, 3.05) is 18.0 Å². The van der Waals surface area contributed by atoms with Gasteiger partial charge in [0.2, 0.25) is 0 Å². The zero-order valence-corrected chi connectivity index (χ0v) is 23.9. The van der Waals surface area contributed by atoms with Gasteiger partial charge in [-0.05, 0) is 38.8 Å².